The summed E-state index contributed by atoms with van der Waals surface area (Å²) in [5.74, 6) is 1.48. The van der Waals surface area contributed by atoms with Gasteiger partial charge in [0, 0.05) is 24.4 Å². The number of Topliss-reactive ketones (excluding diaryl/α,β-unsaturated/α-hetero) is 1. The second-order valence-electron chi connectivity index (χ2n) is 11.6. The average Bonchev–Trinajstić information content (AvgIpc) is 3.41. The second kappa shape index (κ2) is 9.41. The largest absolute Gasteiger partial charge is 0.393 e. The van der Waals surface area contributed by atoms with Gasteiger partial charge in [0.25, 0.3) is 0 Å². The number of ether oxygens (including phenoxy) is 3. The quantitative estimate of drug-likeness (QED) is 0.452. The van der Waals surface area contributed by atoms with Crippen molar-refractivity contribution in [3.05, 3.63) is 35.9 Å². The number of fused-ring (bicyclic) bond motifs is 3. The normalized spacial score (nSPS) is 42.5. The van der Waals surface area contributed by atoms with Gasteiger partial charge in [-0.15, -0.1) is 0 Å². The van der Waals surface area contributed by atoms with E-state index in [4.69, 9.17) is 14.2 Å². The van der Waals surface area contributed by atoms with Crippen LogP contribution in [-0.4, -0.2) is 43.6 Å². The van der Waals surface area contributed by atoms with E-state index < -0.39 is 6.10 Å². The fraction of sp³-hybridized carbons (Fsp3) is 0.750. The average molecular weight is 457 g/mol. The molecule has 0 radical (unpaired) electrons. The first-order chi connectivity index (χ1) is 15.9. The van der Waals surface area contributed by atoms with Crippen molar-refractivity contribution in [3.8, 4) is 0 Å². The molecule has 3 unspecified atom stereocenters. The van der Waals surface area contributed by atoms with E-state index in [1.807, 2.05) is 18.2 Å². The summed E-state index contributed by atoms with van der Waals surface area (Å²) in [6.07, 6.45) is 7.55. The Morgan fingerprint density at radius 2 is 1.91 bits per heavy atom. The molecule has 4 fully saturated rings. The maximum atomic E-state index is 13.2. The molecular formula is C28H40O5. The van der Waals surface area contributed by atoms with E-state index in [1.165, 1.54) is 5.56 Å². The zero-order valence-electron chi connectivity index (χ0n) is 20.2. The molecule has 0 saturated heterocycles. The Bertz CT molecular complexity index is 827. The van der Waals surface area contributed by atoms with Gasteiger partial charge >= 0.3 is 0 Å². The van der Waals surface area contributed by atoms with Crippen molar-refractivity contribution in [2.75, 3.05) is 20.5 Å². The lowest BCUT2D eigenvalue weighted by Crippen LogP contribution is -2.58. The molecule has 0 aromatic heterocycles. The highest BCUT2D eigenvalue weighted by atomic mass is 16.7. The van der Waals surface area contributed by atoms with Gasteiger partial charge in [-0.1, -0.05) is 37.3 Å². The van der Waals surface area contributed by atoms with Gasteiger partial charge < -0.3 is 19.3 Å². The molecule has 5 heteroatoms. The zero-order chi connectivity index (χ0) is 23.1. The number of hydrogen-bond acceptors (Lipinski definition) is 5. The SMILES string of the molecule is COCOC[C@]12CC[C@H](OCc3ccccc3)C[C@@H]1C[C@@H](O)[C@@](C)(C1C(=O)C3CCC1C3)C2. The summed E-state index contributed by atoms with van der Waals surface area (Å²) in [4.78, 5) is 13.2. The van der Waals surface area contributed by atoms with Crippen molar-refractivity contribution in [2.24, 2.45) is 34.5 Å². The summed E-state index contributed by atoms with van der Waals surface area (Å²) >= 11 is 0. The first-order valence-corrected chi connectivity index (χ1v) is 12.9. The lowest BCUT2D eigenvalue weighted by atomic mass is 9.48. The fourth-order valence-electron chi connectivity index (χ4n) is 8.09. The lowest BCUT2D eigenvalue weighted by Gasteiger charge is -2.58. The lowest BCUT2D eigenvalue weighted by molar-refractivity contribution is -0.187. The molecular weight excluding hydrogens is 416 g/mol. The van der Waals surface area contributed by atoms with Crippen molar-refractivity contribution in [3.63, 3.8) is 0 Å². The summed E-state index contributed by atoms with van der Waals surface area (Å²) < 4.78 is 17.5. The topological polar surface area (TPSA) is 65.0 Å². The Morgan fingerprint density at radius 1 is 1.09 bits per heavy atom. The summed E-state index contributed by atoms with van der Waals surface area (Å²) in [5.41, 5.74) is 0.812. The van der Waals surface area contributed by atoms with Gasteiger partial charge in [0.1, 0.15) is 12.6 Å². The molecule has 5 nitrogen and oxygen atoms in total. The van der Waals surface area contributed by atoms with Crippen molar-refractivity contribution >= 4 is 5.78 Å². The van der Waals surface area contributed by atoms with Crippen LogP contribution in [0.2, 0.25) is 0 Å². The van der Waals surface area contributed by atoms with Crippen LogP contribution in [0.5, 0.6) is 0 Å². The van der Waals surface area contributed by atoms with Crippen LogP contribution < -0.4 is 0 Å². The van der Waals surface area contributed by atoms with Gasteiger partial charge in [0.15, 0.2) is 0 Å². The van der Waals surface area contributed by atoms with Crippen molar-refractivity contribution < 1.29 is 24.1 Å². The number of methoxy groups -OCH3 is 1. The number of benzene rings is 1. The Morgan fingerprint density at radius 3 is 2.64 bits per heavy atom. The van der Waals surface area contributed by atoms with Crippen LogP contribution in [0.25, 0.3) is 0 Å². The van der Waals surface area contributed by atoms with E-state index >= 15 is 0 Å². The fourth-order valence-corrected chi connectivity index (χ4v) is 8.09. The molecule has 4 saturated carbocycles. The smallest absolute Gasteiger partial charge is 0.146 e. The van der Waals surface area contributed by atoms with Gasteiger partial charge in [0.05, 0.1) is 25.4 Å². The van der Waals surface area contributed by atoms with Crippen LogP contribution in [-0.2, 0) is 25.6 Å². The summed E-state index contributed by atoms with van der Waals surface area (Å²) in [7, 11) is 1.66. The predicted octanol–water partition coefficient (Wildman–Crippen LogP) is 4.76. The number of rotatable bonds is 8. The van der Waals surface area contributed by atoms with E-state index in [2.05, 4.69) is 19.1 Å². The molecule has 0 amide bonds. The number of carbonyl (C=O) groups excluding carboxylic acids is 1. The minimum atomic E-state index is -0.445. The number of hydrogen-bond donors (Lipinski definition) is 1. The van der Waals surface area contributed by atoms with Crippen LogP contribution in [0, 0.1) is 34.5 Å². The van der Waals surface area contributed by atoms with Crippen LogP contribution in [0.3, 0.4) is 0 Å². The third-order valence-electron chi connectivity index (χ3n) is 9.66. The third-order valence-corrected chi connectivity index (χ3v) is 9.66. The molecule has 4 aliphatic carbocycles. The number of aliphatic hydroxyl groups is 1. The van der Waals surface area contributed by atoms with E-state index in [0.717, 1.165) is 51.4 Å². The molecule has 0 heterocycles. The van der Waals surface area contributed by atoms with E-state index in [0.29, 0.717) is 30.8 Å². The summed E-state index contributed by atoms with van der Waals surface area (Å²) in [6.45, 7) is 3.75. The minimum Gasteiger partial charge on any atom is -0.393 e. The van der Waals surface area contributed by atoms with E-state index in [9.17, 15) is 9.90 Å². The third kappa shape index (κ3) is 4.31. The highest BCUT2D eigenvalue weighted by Gasteiger charge is 2.62. The molecule has 1 aromatic rings. The zero-order valence-corrected chi connectivity index (χ0v) is 20.2. The molecule has 33 heavy (non-hydrogen) atoms. The van der Waals surface area contributed by atoms with Crippen LogP contribution in [0.1, 0.15) is 63.9 Å². The van der Waals surface area contributed by atoms with Gasteiger partial charge in [-0.25, -0.2) is 0 Å². The standard InChI is InChI=1S/C28H40O5/c1-27(25-20-8-9-21(12-20)26(25)30)16-28(17-32-18-31-2)11-10-23(13-22(28)14-24(27)29)33-15-19-6-4-3-5-7-19/h3-7,20-25,29H,8-18H2,1-2H3/t20?,21?,22-,23+,24-,25?,27+,28-/m1/s1. The maximum absolute atomic E-state index is 13.2. The molecule has 4 aliphatic rings. The van der Waals surface area contributed by atoms with E-state index in [-0.39, 0.29) is 35.6 Å². The van der Waals surface area contributed by atoms with Crippen molar-refractivity contribution in [2.45, 2.75) is 77.1 Å². The molecule has 1 aromatic carbocycles. The molecule has 0 spiro atoms. The van der Waals surface area contributed by atoms with Crippen LogP contribution >= 0.6 is 0 Å². The van der Waals surface area contributed by atoms with Gasteiger partial charge in [-0.3, -0.25) is 4.79 Å². The van der Waals surface area contributed by atoms with E-state index in [1.54, 1.807) is 7.11 Å². The Balaban J connectivity index is 1.33. The van der Waals surface area contributed by atoms with Crippen LogP contribution in [0.15, 0.2) is 30.3 Å². The second-order valence-corrected chi connectivity index (χ2v) is 11.6. The maximum Gasteiger partial charge on any atom is 0.146 e. The predicted molar refractivity (Wildman–Crippen MR) is 125 cm³/mol. The molecule has 2 bridgehead atoms. The highest BCUT2D eigenvalue weighted by molar-refractivity contribution is 5.87. The first kappa shape index (κ1) is 23.5. The number of carbonyl (C=O) groups is 1. The summed E-state index contributed by atoms with van der Waals surface area (Å²) in [5, 5.41) is 11.5. The first-order valence-electron chi connectivity index (χ1n) is 12.9. The van der Waals surface area contributed by atoms with Crippen molar-refractivity contribution in [1.82, 2.24) is 0 Å². The van der Waals surface area contributed by atoms with Gasteiger partial charge in [-0.2, -0.15) is 0 Å². The Labute approximate surface area is 198 Å². The Hall–Kier alpha value is -1.27. The minimum absolute atomic E-state index is 0.0126. The molecule has 5 rings (SSSR count). The Kier molecular flexibility index (Phi) is 6.69. The highest BCUT2D eigenvalue weighted by Crippen LogP contribution is 2.63. The number of aliphatic hydroxyl groups excluding tert-OH is 1. The molecule has 182 valence electrons. The summed E-state index contributed by atoms with van der Waals surface area (Å²) in [6, 6.07) is 10.3. The molecule has 8 atom stereocenters. The number of ketones is 1. The molecule has 0 aliphatic heterocycles. The van der Waals surface area contributed by atoms with Gasteiger partial charge in [0.2, 0.25) is 0 Å². The van der Waals surface area contributed by atoms with Crippen molar-refractivity contribution in [1.29, 1.82) is 0 Å². The van der Waals surface area contributed by atoms with Gasteiger partial charge in [-0.05, 0) is 74.2 Å². The molecule has 1 N–H and O–H groups in total. The van der Waals surface area contributed by atoms with Crippen LogP contribution in [0.4, 0.5) is 0 Å². The monoisotopic (exact) mass is 456 g/mol.